The Morgan fingerprint density at radius 3 is 2.23 bits per heavy atom. The van der Waals surface area contributed by atoms with Gasteiger partial charge < -0.3 is 10.2 Å². The van der Waals surface area contributed by atoms with Crippen molar-refractivity contribution in [1.82, 2.24) is 10.2 Å². The van der Waals surface area contributed by atoms with Crippen molar-refractivity contribution in [3.63, 3.8) is 0 Å². The number of carbonyl (C=O) groups is 2. The summed E-state index contributed by atoms with van der Waals surface area (Å²) >= 11 is 18.8. The molecule has 2 amide bonds. The SMILES string of the molecule is CC[C@@H](C)NC(=O)[C@@H](C)N(Cc1ccc(Cl)cc1Cl)C(=O)CN(c1cccc(Cl)c1C)S(=O)(=O)c1ccccc1. The first-order valence-corrected chi connectivity index (χ1v) is 15.3. The Morgan fingerprint density at radius 1 is 0.925 bits per heavy atom. The molecule has 0 radical (unpaired) electrons. The maximum Gasteiger partial charge on any atom is 0.264 e. The normalized spacial score (nSPS) is 12.9. The van der Waals surface area contributed by atoms with Crippen LogP contribution in [0.1, 0.15) is 38.3 Å². The Labute approximate surface area is 251 Å². The number of amides is 2. The smallest absolute Gasteiger partial charge is 0.264 e. The Balaban J connectivity index is 2.08. The van der Waals surface area contributed by atoms with Crippen LogP contribution in [0.25, 0.3) is 0 Å². The van der Waals surface area contributed by atoms with Gasteiger partial charge in [0, 0.05) is 27.7 Å². The van der Waals surface area contributed by atoms with Gasteiger partial charge in [0.05, 0.1) is 10.6 Å². The number of carbonyl (C=O) groups excluding carboxylic acids is 2. The molecule has 3 aromatic carbocycles. The van der Waals surface area contributed by atoms with Gasteiger partial charge in [0.2, 0.25) is 11.8 Å². The van der Waals surface area contributed by atoms with E-state index in [4.69, 9.17) is 34.8 Å². The van der Waals surface area contributed by atoms with E-state index in [0.717, 1.165) is 4.31 Å². The molecule has 11 heteroatoms. The van der Waals surface area contributed by atoms with Gasteiger partial charge in [-0.05, 0) is 74.7 Å². The van der Waals surface area contributed by atoms with E-state index >= 15 is 0 Å². The van der Waals surface area contributed by atoms with Crippen molar-refractivity contribution in [3.8, 4) is 0 Å². The van der Waals surface area contributed by atoms with Gasteiger partial charge in [0.25, 0.3) is 10.0 Å². The number of hydrogen-bond donors (Lipinski definition) is 1. The van der Waals surface area contributed by atoms with E-state index in [1.807, 2.05) is 13.8 Å². The maximum absolute atomic E-state index is 14.0. The number of anilines is 1. The number of sulfonamides is 1. The molecule has 0 saturated carbocycles. The number of benzene rings is 3. The summed E-state index contributed by atoms with van der Waals surface area (Å²) in [6, 6.07) is 16.5. The predicted molar refractivity (Wildman–Crippen MR) is 162 cm³/mol. The first-order valence-electron chi connectivity index (χ1n) is 12.7. The third kappa shape index (κ3) is 7.49. The molecule has 1 N–H and O–H groups in total. The molecule has 40 heavy (non-hydrogen) atoms. The van der Waals surface area contributed by atoms with Gasteiger partial charge in [0.1, 0.15) is 12.6 Å². The molecule has 0 aliphatic carbocycles. The summed E-state index contributed by atoms with van der Waals surface area (Å²) in [5.74, 6) is -0.971. The largest absolute Gasteiger partial charge is 0.352 e. The standard InChI is InChI=1S/C29H32Cl3N3O4S/c1-5-19(2)33-29(37)21(4)34(17-22-14-15-23(30)16-26(22)32)28(36)18-35(27-13-9-12-25(31)20(27)3)40(38,39)24-10-7-6-8-11-24/h6-16,19,21H,5,17-18H2,1-4H3,(H,33,37)/t19-,21-/m1/s1. The average Bonchev–Trinajstić information content (AvgIpc) is 2.92. The molecule has 0 saturated heterocycles. The quantitative estimate of drug-likeness (QED) is 0.265. The van der Waals surface area contributed by atoms with E-state index in [-0.39, 0.29) is 29.1 Å². The lowest BCUT2D eigenvalue weighted by Gasteiger charge is -2.33. The van der Waals surface area contributed by atoms with Gasteiger partial charge in [-0.3, -0.25) is 13.9 Å². The highest BCUT2D eigenvalue weighted by atomic mass is 35.5. The summed E-state index contributed by atoms with van der Waals surface area (Å²) in [6.07, 6.45) is 0.701. The van der Waals surface area contributed by atoms with E-state index in [1.54, 1.807) is 68.4 Å². The number of nitrogens with one attached hydrogen (secondary N) is 1. The molecule has 7 nitrogen and oxygen atoms in total. The van der Waals surface area contributed by atoms with Crippen molar-refractivity contribution in [2.24, 2.45) is 0 Å². The van der Waals surface area contributed by atoms with Crippen LogP contribution in [0.5, 0.6) is 0 Å². The molecule has 3 rings (SSSR count). The number of halogens is 3. The van der Waals surface area contributed by atoms with Gasteiger partial charge in [-0.2, -0.15) is 0 Å². The minimum Gasteiger partial charge on any atom is -0.352 e. The monoisotopic (exact) mass is 623 g/mol. The lowest BCUT2D eigenvalue weighted by Crippen LogP contribution is -2.52. The Hall–Kier alpha value is -2.78. The van der Waals surface area contributed by atoms with Crippen LogP contribution >= 0.6 is 34.8 Å². The van der Waals surface area contributed by atoms with Crippen LogP contribution < -0.4 is 9.62 Å². The van der Waals surface area contributed by atoms with Gasteiger partial charge in [-0.25, -0.2) is 8.42 Å². The van der Waals surface area contributed by atoms with E-state index in [2.05, 4.69) is 5.32 Å². The topological polar surface area (TPSA) is 86.8 Å². The van der Waals surface area contributed by atoms with E-state index in [0.29, 0.717) is 32.6 Å². The zero-order chi connectivity index (χ0) is 29.6. The fourth-order valence-electron chi connectivity index (χ4n) is 3.98. The number of nitrogens with zero attached hydrogens (tertiary/aromatic N) is 2. The summed E-state index contributed by atoms with van der Waals surface area (Å²) in [4.78, 5) is 28.5. The van der Waals surface area contributed by atoms with Crippen molar-refractivity contribution >= 4 is 62.3 Å². The molecule has 0 aliphatic rings. The molecule has 3 aromatic rings. The molecule has 0 fully saturated rings. The molecular weight excluding hydrogens is 593 g/mol. The van der Waals surface area contributed by atoms with E-state index < -0.39 is 28.5 Å². The minimum atomic E-state index is -4.19. The van der Waals surface area contributed by atoms with Gasteiger partial charge in [-0.15, -0.1) is 0 Å². The number of hydrogen-bond acceptors (Lipinski definition) is 4. The first kappa shape index (κ1) is 31.7. The van der Waals surface area contributed by atoms with Crippen LogP contribution in [0.2, 0.25) is 15.1 Å². The molecule has 0 heterocycles. The molecule has 214 valence electrons. The van der Waals surface area contributed by atoms with E-state index in [9.17, 15) is 18.0 Å². The van der Waals surface area contributed by atoms with Crippen LogP contribution in [-0.4, -0.2) is 43.8 Å². The van der Waals surface area contributed by atoms with Crippen molar-refractivity contribution in [2.45, 2.75) is 57.6 Å². The molecule has 0 spiro atoms. The Kier molecular flexibility index (Phi) is 10.9. The Morgan fingerprint density at radius 2 is 1.60 bits per heavy atom. The highest BCUT2D eigenvalue weighted by Crippen LogP contribution is 2.31. The second-order valence-corrected chi connectivity index (χ2v) is 12.6. The highest BCUT2D eigenvalue weighted by molar-refractivity contribution is 7.92. The fraction of sp³-hybridized carbons (Fsp3) is 0.310. The van der Waals surface area contributed by atoms with Crippen molar-refractivity contribution < 1.29 is 18.0 Å². The summed E-state index contributed by atoms with van der Waals surface area (Å²) in [6.45, 7) is 6.46. The van der Waals surface area contributed by atoms with E-state index in [1.165, 1.54) is 17.0 Å². The summed E-state index contributed by atoms with van der Waals surface area (Å²) < 4.78 is 28.8. The minimum absolute atomic E-state index is 0.0111. The summed E-state index contributed by atoms with van der Waals surface area (Å²) in [5, 5.41) is 3.99. The molecule has 0 aromatic heterocycles. The van der Waals surface area contributed by atoms with Crippen molar-refractivity contribution in [1.29, 1.82) is 0 Å². The van der Waals surface area contributed by atoms with Crippen LogP contribution in [0.15, 0.2) is 71.6 Å². The zero-order valence-electron chi connectivity index (χ0n) is 22.7. The third-order valence-corrected chi connectivity index (χ3v) is 9.41. The summed E-state index contributed by atoms with van der Waals surface area (Å²) in [5.41, 5.74) is 1.30. The fourth-order valence-corrected chi connectivity index (χ4v) is 6.11. The summed E-state index contributed by atoms with van der Waals surface area (Å²) in [7, 11) is -4.19. The first-order chi connectivity index (χ1) is 18.9. The highest BCUT2D eigenvalue weighted by Gasteiger charge is 2.33. The zero-order valence-corrected chi connectivity index (χ0v) is 25.8. The van der Waals surface area contributed by atoms with Crippen LogP contribution in [-0.2, 0) is 26.2 Å². The molecule has 0 aliphatic heterocycles. The lowest BCUT2D eigenvalue weighted by atomic mass is 10.1. The third-order valence-electron chi connectivity index (χ3n) is 6.64. The average molecular weight is 625 g/mol. The number of rotatable bonds is 11. The molecule has 2 atom stereocenters. The van der Waals surface area contributed by atoms with Crippen molar-refractivity contribution in [2.75, 3.05) is 10.8 Å². The van der Waals surface area contributed by atoms with Crippen LogP contribution in [0, 0.1) is 6.92 Å². The van der Waals surface area contributed by atoms with Crippen LogP contribution in [0.4, 0.5) is 5.69 Å². The lowest BCUT2D eigenvalue weighted by molar-refractivity contribution is -0.139. The maximum atomic E-state index is 14.0. The van der Waals surface area contributed by atoms with Gasteiger partial charge in [0.15, 0.2) is 0 Å². The second kappa shape index (κ2) is 13.7. The molecule has 0 bridgehead atoms. The van der Waals surface area contributed by atoms with Crippen LogP contribution in [0.3, 0.4) is 0 Å². The van der Waals surface area contributed by atoms with Gasteiger partial charge >= 0.3 is 0 Å². The second-order valence-electron chi connectivity index (χ2n) is 9.46. The molecular formula is C29H32Cl3N3O4S. The van der Waals surface area contributed by atoms with Crippen molar-refractivity contribution in [3.05, 3.63) is 92.9 Å². The Bertz CT molecular complexity index is 1470. The molecule has 0 unspecified atom stereocenters. The predicted octanol–water partition coefficient (Wildman–Crippen LogP) is 6.48. The van der Waals surface area contributed by atoms with Gasteiger partial charge in [-0.1, -0.05) is 72.1 Å².